The molecule has 0 saturated carbocycles. The van der Waals surface area contributed by atoms with Crippen molar-refractivity contribution < 1.29 is 27.5 Å². The number of nitrogens with two attached hydrogens (primary N) is 1. The van der Waals surface area contributed by atoms with Crippen LogP contribution >= 0.6 is 11.6 Å². The number of halogens is 4. The minimum Gasteiger partial charge on any atom is -0.406 e. The van der Waals surface area contributed by atoms with Gasteiger partial charge in [0.1, 0.15) is 5.75 Å². The highest BCUT2D eigenvalue weighted by Gasteiger charge is 2.38. The fraction of sp³-hybridized carbons (Fsp3) is 0.263. The zero-order valence-corrected chi connectivity index (χ0v) is 15.2. The van der Waals surface area contributed by atoms with E-state index < -0.39 is 24.2 Å². The van der Waals surface area contributed by atoms with E-state index >= 15 is 0 Å². The first kappa shape index (κ1) is 20.0. The number of likely N-dealkylation sites (tertiary alicyclic amines) is 1. The van der Waals surface area contributed by atoms with Crippen LogP contribution in [0, 0.1) is 5.92 Å². The predicted octanol–water partition coefficient (Wildman–Crippen LogP) is 3.66. The molecule has 1 saturated heterocycles. The summed E-state index contributed by atoms with van der Waals surface area (Å²) in [4.78, 5) is 25.5. The number of alkyl halides is 3. The molecule has 2 N–H and O–H groups in total. The fourth-order valence-corrected chi connectivity index (χ4v) is 3.35. The second kappa shape index (κ2) is 7.71. The normalized spacial score (nSPS) is 18.2. The Bertz CT molecular complexity index is 869. The second-order valence-corrected chi connectivity index (χ2v) is 6.86. The van der Waals surface area contributed by atoms with E-state index in [2.05, 4.69) is 4.74 Å². The molecule has 2 atom stereocenters. The van der Waals surface area contributed by atoms with Gasteiger partial charge in [-0.3, -0.25) is 9.59 Å². The Morgan fingerprint density at radius 3 is 2.11 bits per heavy atom. The van der Waals surface area contributed by atoms with Crippen molar-refractivity contribution in [2.24, 2.45) is 11.7 Å². The number of carbonyl (C=O) groups excluding carboxylic acids is 2. The first-order valence-corrected chi connectivity index (χ1v) is 8.72. The highest BCUT2D eigenvalue weighted by atomic mass is 35.5. The summed E-state index contributed by atoms with van der Waals surface area (Å²) in [5, 5.41) is 0.499. The van der Waals surface area contributed by atoms with Crippen LogP contribution in [-0.4, -0.2) is 29.6 Å². The Kier molecular flexibility index (Phi) is 5.51. The molecule has 2 aromatic carbocycles. The van der Waals surface area contributed by atoms with Crippen LogP contribution in [0.3, 0.4) is 0 Å². The van der Waals surface area contributed by atoms with Crippen LogP contribution < -0.4 is 10.5 Å². The second-order valence-electron chi connectivity index (χ2n) is 6.42. The predicted molar refractivity (Wildman–Crippen MR) is 95.4 cm³/mol. The molecule has 2 amide bonds. The lowest BCUT2D eigenvalue weighted by atomic mass is 9.97. The largest absolute Gasteiger partial charge is 0.573 e. The van der Waals surface area contributed by atoms with Crippen LogP contribution in [0.1, 0.15) is 23.6 Å². The lowest BCUT2D eigenvalue weighted by Crippen LogP contribution is -2.32. The van der Waals surface area contributed by atoms with E-state index in [1.54, 1.807) is 24.3 Å². The van der Waals surface area contributed by atoms with Crippen LogP contribution in [0.25, 0.3) is 0 Å². The molecule has 5 nitrogen and oxygen atoms in total. The van der Waals surface area contributed by atoms with Crippen molar-refractivity contribution in [1.29, 1.82) is 0 Å². The van der Waals surface area contributed by atoms with Crippen molar-refractivity contribution in [3.05, 3.63) is 64.7 Å². The molecule has 9 heteroatoms. The average Bonchev–Trinajstić information content (AvgIpc) is 2.99. The van der Waals surface area contributed by atoms with Crippen molar-refractivity contribution in [2.45, 2.75) is 18.8 Å². The molecular formula is C19H16ClF3N2O3. The molecule has 0 radical (unpaired) electrons. The summed E-state index contributed by atoms with van der Waals surface area (Å²) < 4.78 is 41.1. The standard InChI is InChI=1S/C19H16ClF3N2O3/c20-14-5-1-11(2-6-14)17(25-10-13(18(24)27)9-16(25)26)12-3-7-15(8-4-12)28-19(21,22)23/h1-8,13,17H,9-10H2,(H2,24,27)/t13?,17-/m0/s1. The van der Waals surface area contributed by atoms with Gasteiger partial charge in [-0.25, -0.2) is 0 Å². The van der Waals surface area contributed by atoms with Gasteiger partial charge in [0.05, 0.1) is 12.0 Å². The molecule has 1 aliphatic rings. The van der Waals surface area contributed by atoms with Gasteiger partial charge in [-0.2, -0.15) is 0 Å². The maximum absolute atomic E-state index is 12.5. The van der Waals surface area contributed by atoms with E-state index in [9.17, 15) is 22.8 Å². The maximum Gasteiger partial charge on any atom is 0.573 e. The van der Waals surface area contributed by atoms with Crippen molar-refractivity contribution >= 4 is 23.4 Å². The number of nitrogens with zero attached hydrogens (tertiary/aromatic N) is 1. The summed E-state index contributed by atoms with van der Waals surface area (Å²) >= 11 is 5.93. The molecule has 1 unspecified atom stereocenters. The van der Waals surface area contributed by atoms with Crippen LogP contribution in [0.5, 0.6) is 5.75 Å². The summed E-state index contributed by atoms with van der Waals surface area (Å²) in [5.74, 6) is -1.82. The SMILES string of the molecule is NC(=O)C1CC(=O)N([C@@H](c2ccc(Cl)cc2)c2ccc(OC(F)(F)F)cc2)C1. The van der Waals surface area contributed by atoms with Crippen LogP contribution in [0.4, 0.5) is 13.2 Å². The molecule has 0 spiro atoms. The van der Waals surface area contributed by atoms with Crippen LogP contribution in [0.15, 0.2) is 48.5 Å². The monoisotopic (exact) mass is 412 g/mol. The molecule has 2 aromatic rings. The topological polar surface area (TPSA) is 72.6 Å². The molecule has 28 heavy (non-hydrogen) atoms. The molecule has 1 heterocycles. The Labute approximate surface area is 163 Å². The van der Waals surface area contributed by atoms with Gasteiger partial charge in [0.2, 0.25) is 11.8 Å². The number of rotatable bonds is 5. The first-order valence-electron chi connectivity index (χ1n) is 8.34. The highest BCUT2D eigenvalue weighted by molar-refractivity contribution is 6.30. The Balaban J connectivity index is 1.96. The Morgan fingerprint density at radius 2 is 1.64 bits per heavy atom. The van der Waals surface area contributed by atoms with E-state index in [0.717, 1.165) is 0 Å². The van der Waals surface area contributed by atoms with Gasteiger partial charge in [-0.1, -0.05) is 35.9 Å². The third-order valence-corrected chi connectivity index (χ3v) is 4.74. The third kappa shape index (κ3) is 4.56. The number of benzene rings is 2. The summed E-state index contributed by atoms with van der Waals surface area (Å²) in [7, 11) is 0. The van der Waals surface area contributed by atoms with Crippen molar-refractivity contribution in [3.63, 3.8) is 0 Å². The van der Waals surface area contributed by atoms with Gasteiger partial charge in [0, 0.05) is 18.0 Å². The van der Waals surface area contributed by atoms with E-state index in [4.69, 9.17) is 17.3 Å². The van der Waals surface area contributed by atoms with Crippen molar-refractivity contribution in [3.8, 4) is 5.75 Å². The zero-order valence-electron chi connectivity index (χ0n) is 14.4. The molecule has 148 valence electrons. The first-order chi connectivity index (χ1) is 13.1. The van der Waals surface area contributed by atoms with Gasteiger partial charge in [-0.05, 0) is 35.4 Å². The minimum atomic E-state index is -4.79. The van der Waals surface area contributed by atoms with Crippen LogP contribution in [0.2, 0.25) is 5.02 Å². The molecule has 1 aliphatic heterocycles. The Hall–Kier alpha value is -2.74. The van der Waals surface area contributed by atoms with E-state index in [-0.39, 0.29) is 24.6 Å². The van der Waals surface area contributed by atoms with Crippen molar-refractivity contribution in [2.75, 3.05) is 6.54 Å². The molecule has 0 bridgehead atoms. The summed E-state index contributed by atoms with van der Waals surface area (Å²) in [6.07, 6.45) is -4.80. The molecule has 3 rings (SSSR count). The van der Waals surface area contributed by atoms with E-state index in [0.29, 0.717) is 16.1 Å². The minimum absolute atomic E-state index is 0.00527. The smallest absolute Gasteiger partial charge is 0.406 e. The van der Waals surface area contributed by atoms with Gasteiger partial charge < -0.3 is 15.4 Å². The van der Waals surface area contributed by atoms with Gasteiger partial charge in [-0.15, -0.1) is 13.2 Å². The summed E-state index contributed by atoms with van der Waals surface area (Å²) in [6.45, 7) is 0.127. The summed E-state index contributed by atoms with van der Waals surface area (Å²) in [6, 6.07) is 11.4. The number of hydrogen-bond donors (Lipinski definition) is 1. The lowest BCUT2D eigenvalue weighted by molar-refractivity contribution is -0.274. The van der Waals surface area contributed by atoms with E-state index in [1.165, 1.54) is 29.2 Å². The molecule has 1 fully saturated rings. The lowest BCUT2D eigenvalue weighted by Gasteiger charge is -2.29. The number of carbonyl (C=O) groups is 2. The number of hydrogen-bond acceptors (Lipinski definition) is 3. The zero-order chi connectivity index (χ0) is 20.5. The Morgan fingerprint density at radius 1 is 1.11 bits per heavy atom. The van der Waals surface area contributed by atoms with Gasteiger partial charge >= 0.3 is 6.36 Å². The quantitative estimate of drug-likeness (QED) is 0.814. The third-order valence-electron chi connectivity index (χ3n) is 4.49. The summed E-state index contributed by atoms with van der Waals surface area (Å²) in [5.41, 5.74) is 6.61. The van der Waals surface area contributed by atoms with Gasteiger partial charge in [0.15, 0.2) is 0 Å². The molecular weight excluding hydrogens is 397 g/mol. The number of amides is 2. The van der Waals surface area contributed by atoms with Crippen molar-refractivity contribution in [1.82, 2.24) is 4.90 Å². The number of ether oxygens (including phenoxy) is 1. The highest BCUT2D eigenvalue weighted by Crippen LogP contribution is 2.35. The van der Waals surface area contributed by atoms with E-state index in [1.807, 2.05) is 0 Å². The molecule has 0 aromatic heterocycles. The fourth-order valence-electron chi connectivity index (χ4n) is 3.22. The maximum atomic E-state index is 12.5. The number of primary amides is 1. The average molecular weight is 413 g/mol. The molecule has 0 aliphatic carbocycles. The van der Waals surface area contributed by atoms with Crippen LogP contribution in [-0.2, 0) is 9.59 Å². The van der Waals surface area contributed by atoms with Gasteiger partial charge in [0.25, 0.3) is 0 Å².